The molecule has 0 spiro atoms. The highest BCUT2D eigenvalue weighted by molar-refractivity contribution is 6.11. The van der Waals surface area contributed by atoms with Gasteiger partial charge in [0, 0.05) is 17.8 Å². The van der Waals surface area contributed by atoms with E-state index in [1.165, 1.54) is 0 Å². The van der Waals surface area contributed by atoms with E-state index >= 15 is 0 Å². The van der Waals surface area contributed by atoms with Crippen molar-refractivity contribution < 1.29 is 9.59 Å². The summed E-state index contributed by atoms with van der Waals surface area (Å²) in [4.78, 5) is 23.0. The van der Waals surface area contributed by atoms with Gasteiger partial charge in [0.1, 0.15) is 5.78 Å². The molecule has 0 N–H and O–H groups in total. The van der Waals surface area contributed by atoms with E-state index in [4.69, 9.17) is 0 Å². The van der Waals surface area contributed by atoms with Crippen molar-refractivity contribution in [2.24, 2.45) is 11.3 Å². The standard InChI is InChI=1S/C10H12O2/c1-6-7-3-4-10(2,9(6)12)5-8(7)11/h7H,1,3-5H2,2H3/t7-,10-/m1/s1. The molecule has 3 aliphatic carbocycles. The molecule has 0 amide bonds. The summed E-state index contributed by atoms with van der Waals surface area (Å²) < 4.78 is 0. The Morgan fingerprint density at radius 2 is 2.17 bits per heavy atom. The normalized spacial score (nSPS) is 40.8. The number of hydrogen-bond donors (Lipinski definition) is 0. The van der Waals surface area contributed by atoms with Crippen molar-refractivity contribution in [1.82, 2.24) is 0 Å². The molecule has 3 fully saturated rings. The molecule has 0 saturated heterocycles. The summed E-state index contributed by atoms with van der Waals surface area (Å²) >= 11 is 0. The Balaban J connectivity index is 2.45. The van der Waals surface area contributed by atoms with Crippen molar-refractivity contribution in [3.05, 3.63) is 12.2 Å². The molecule has 2 heteroatoms. The van der Waals surface area contributed by atoms with Crippen LogP contribution in [0.3, 0.4) is 0 Å². The molecule has 3 saturated carbocycles. The number of rotatable bonds is 0. The number of fused-ring (bicyclic) bond motifs is 3. The smallest absolute Gasteiger partial charge is 0.165 e. The first-order valence-corrected chi connectivity index (χ1v) is 4.31. The maximum atomic E-state index is 11.6. The molecule has 2 nitrogen and oxygen atoms in total. The van der Waals surface area contributed by atoms with Gasteiger partial charge in [0.25, 0.3) is 0 Å². The second-order valence-corrected chi connectivity index (χ2v) is 4.15. The number of Topliss-reactive ketones (excluding diaryl/α,β-unsaturated/α-hetero) is 2. The van der Waals surface area contributed by atoms with E-state index in [1.54, 1.807) is 0 Å². The zero-order chi connectivity index (χ0) is 8.93. The molecular weight excluding hydrogens is 152 g/mol. The van der Waals surface area contributed by atoms with Crippen molar-refractivity contribution in [2.75, 3.05) is 0 Å². The number of carbonyl (C=O) groups excluding carboxylic acids is 2. The lowest BCUT2D eigenvalue weighted by molar-refractivity contribution is -0.141. The molecule has 64 valence electrons. The molecule has 3 rings (SSSR count). The van der Waals surface area contributed by atoms with Crippen LogP contribution in [0.2, 0.25) is 0 Å². The molecule has 0 aromatic carbocycles. The zero-order valence-corrected chi connectivity index (χ0v) is 7.22. The summed E-state index contributed by atoms with van der Waals surface area (Å²) in [7, 11) is 0. The Hall–Kier alpha value is -0.920. The van der Waals surface area contributed by atoms with Crippen LogP contribution in [0.15, 0.2) is 12.2 Å². The van der Waals surface area contributed by atoms with Crippen molar-refractivity contribution in [2.45, 2.75) is 26.2 Å². The van der Waals surface area contributed by atoms with Crippen LogP contribution in [0, 0.1) is 11.3 Å². The zero-order valence-electron chi connectivity index (χ0n) is 7.22. The number of carbonyl (C=O) groups is 2. The summed E-state index contributed by atoms with van der Waals surface area (Å²) in [6.07, 6.45) is 2.14. The van der Waals surface area contributed by atoms with Gasteiger partial charge in [-0.15, -0.1) is 0 Å². The number of ketones is 2. The summed E-state index contributed by atoms with van der Waals surface area (Å²) in [5, 5.41) is 0. The van der Waals surface area contributed by atoms with Gasteiger partial charge in [-0.1, -0.05) is 13.5 Å². The summed E-state index contributed by atoms with van der Waals surface area (Å²) in [6, 6.07) is 0. The van der Waals surface area contributed by atoms with Gasteiger partial charge in [0.2, 0.25) is 0 Å². The van der Waals surface area contributed by atoms with Crippen LogP contribution in [0.25, 0.3) is 0 Å². The third-order valence-corrected chi connectivity index (χ3v) is 3.20. The fourth-order valence-corrected chi connectivity index (χ4v) is 2.33. The third kappa shape index (κ3) is 0.752. The number of allylic oxidation sites excluding steroid dienone is 1. The van der Waals surface area contributed by atoms with Gasteiger partial charge < -0.3 is 0 Å². The fourth-order valence-electron chi connectivity index (χ4n) is 2.33. The first-order chi connectivity index (χ1) is 5.54. The molecule has 12 heavy (non-hydrogen) atoms. The Bertz CT molecular complexity index is 290. The largest absolute Gasteiger partial charge is 0.299 e. The van der Waals surface area contributed by atoms with Gasteiger partial charge in [-0.05, 0) is 18.4 Å². The van der Waals surface area contributed by atoms with Crippen LogP contribution in [-0.4, -0.2) is 11.6 Å². The lowest BCUT2D eigenvalue weighted by Crippen LogP contribution is -2.47. The highest BCUT2D eigenvalue weighted by atomic mass is 16.1. The molecule has 2 atom stereocenters. The minimum Gasteiger partial charge on any atom is -0.299 e. The van der Waals surface area contributed by atoms with Crippen LogP contribution in [0.5, 0.6) is 0 Å². The Kier molecular flexibility index (Phi) is 1.33. The summed E-state index contributed by atoms with van der Waals surface area (Å²) in [5.41, 5.74) is 0.156. The van der Waals surface area contributed by atoms with E-state index < -0.39 is 5.41 Å². The molecule has 0 aromatic rings. The Morgan fingerprint density at radius 3 is 2.67 bits per heavy atom. The van der Waals surface area contributed by atoms with Crippen molar-refractivity contribution >= 4 is 11.6 Å². The predicted molar refractivity (Wildman–Crippen MR) is 44.6 cm³/mol. The highest BCUT2D eigenvalue weighted by Crippen LogP contribution is 2.47. The van der Waals surface area contributed by atoms with Gasteiger partial charge in [0.05, 0.1) is 0 Å². The second-order valence-electron chi connectivity index (χ2n) is 4.15. The van der Waals surface area contributed by atoms with E-state index in [0.29, 0.717) is 12.0 Å². The van der Waals surface area contributed by atoms with E-state index in [0.717, 1.165) is 12.8 Å². The van der Waals surface area contributed by atoms with E-state index in [2.05, 4.69) is 6.58 Å². The predicted octanol–water partition coefficient (Wildman–Crippen LogP) is 1.50. The molecule has 0 unspecified atom stereocenters. The maximum Gasteiger partial charge on any atom is 0.165 e. The second kappa shape index (κ2) is 2.06. The molecule has 0 heterocycles. The molecule has 0 aliphatic heterocycles. The van der Waals surface area contributed by atoms with Gasteiger partial charge in [-0.2, -0.15) is 0 Å². The summed E-state index contributed by atoms with van der Waals surface area (Å²) in [5.74, 6) is 0.200. The molecule has 0 radical (unpaired) electrons. The lowest BCUT2D eigenvalue weighted by atomic mass is 9.58. The molecular formula is C10H12O2. The van der Waals surface area contributed by atoms with Crippen LogP contribution in [-0.2, 0) is 9.59 Å². The molecule has 3 aliphatic rings. The Morgan fingerprint density at radius 1 is 1.50 bits per heavy atom. The van der Waals surface area contributed by atoms with Crippen LogP contribution < -0.4 is 0 Å². The lowest BCUT2D eigenvalue weighted by Gasteiger charge is -2.42. The monoisotopic (exact) mass is 164 g/mol. The van der Waals surface area contributed by atoms with E-state index in [-0.39, 0.29) is 17.5 Å². The maximum absolute atomic E-state index is 11.6. The average molecular weight is 164 g/mol. The molecule has 0 aromatic heterocycles. The first-order valence-electron chi connectivity index (χ1n) is 4.31. The van der Waals surface area contributed by atoms with Crippen molar-refractivity contribution in [1.29, 1.82) is 0 Å². The van der Waals surface area contributed by atoms with Gasteiger partial charge >= 0.3 is 0 Å². The minimum atomic E-state index is -0.400. The topological polar surface area (TPSA) is 34.1 Å². The van der Waals surface area contributed by atoms with E-state index in [9.17, 15) is 9.59 Å². The highest BCUT2D eigenvalue weighted by Gasteiger charge is 2.50. The van der Waals surface area contributed by atoms with Crippen molar-refractivity contribution in [3.63, 3.8) is 0 Å². The van der Waals surface area contributed by atoms with Crippen LogP contribution in [0.1, 0.15) is 26.2 Å². The fraction of sp³-hybridized carbons (Fsp3) is 0.600. The molecule has 2 bridgehead atoms. The van der Waals surface area contributed by atoms with E-state index in [1.807, 2.05) is 6.92 Å². The van der Waals surface area contributed by atoms with Crippen LogP contribution in [0.4, 0.5) is 0 Å². The summed E-state index contributed by atoms with van der Waals surface area (Å²) in [6.45, 7) is 5.59. The van der Waals surface area contributed by atoms with Crippen LogP contribution >= 0.6 is 0 Å². The first kappa shape index (κ1) is 7.71. The van der Waals surface area contributed by atoms with Gasteiger partial charge in [0.15, 0.2) is 5.78 Å². The quantitative estimate of drug-likeness (QED) is 0.508. The Labute approximate surface area is 71.6 Å². The van der Waals surface area contributed by atoms with Gasteiger partial charge in [-0.25, -0.2) is 0 Å². The number of hydrogen-bond acceptors (Lipinski definition) is 2. The third-order valence-electron chi connectivity index (χ3n) is 3.20. The average Bonchev–Trinajstić information content (AvgIpc) is 1.99. The SMILES string of the molecule is C=C1C(=O)[C@]2(C)CC[C@H]1C(=O)C2. The van der Waals surface area contributed by atoms with Gasteiger partial charge in [-0.3, -0.25) is 9.59 Å². The minimum absolute atomic E-state index is 0.123. The van der Waals surface area contributed by atoms with Crippen molar-refractivity contribution in [3.8, 4) is 0 Å².